The Labute approximate surface area is 74.6 Å². The Balaban J connectivity index is 2.81. The zero-order chi connectivity index (χ0) is 9.84. The van der Waals surface area contributed by atoms with Crippen molar-refractivity contribution in [1.29, 1.82) is 0 Å². The Hall–Kier alpha value is -1.71. The molecule has 1 aromatic rings. The molecule has 13 heavy (non-hydrogen) atoms. The van der Waals surface area contributed by atoms with Crippen LogP contribution in [0.3, 0.4) is 0 Å². The fourth-order valence-corrected chi connectivity index (χ4v) is 0.888. The topological polar surface area (TPSA) is 46.2 Å². The van der Waals surface area contributed by atoms with E-state index in [1.54, 1.807) is 0 Å². The molecule has 0 bridgehead atoms. The molecule has 1 N–H and O–H groups in total. The Bertz CT molecular complexity index is 332. The van der Waals surface area contributed by atoms with E-state index < -0.39 is 6.04 Å². The van der Waals surface area contributed by atoms with E-state index in [2.05, 4.69) is 5.32 Å². The molecule has 0 spiro atoms. The van der Waals surface area contributed by atoms with Crippen LogP contribution >= 0.6 is 0 Å². The highest BCUT2D eigenvalue weighted by Gasteiger charge is 2.02. The summed E-state index contributed by atoms with van der Waals surface area (Å²) in [5, 5.41) is 2.50. The van der Waals surface area contributed by atoms with E-state index in [0.29, 0.717) is 5.69 Å². The largest absolute Gasteiger partial charge is 0.332 e. The molecule has 1 amide bonds. The van der Waals surface area contributed by atoms with Crippen LogP contribution in [0.25, 0.3) is 0 Å². The van der Waals surface area contributed by atoms with Crippen LogP contribution in [0.5, 0.6) is 0 Å². The second-order valence-corrected chi connectivity index (χ2v) is 2.53. The zero-order valence-corrected chi connectivity index (χ0v) is 7.00. The number of anilines is 1. The molecule has 0 aliphatic carbocycles. The molecule has 0 radical (unpaired) electrons. The molecule has 1 rings (SSSR count). The summed E-state index contributed by atoms with van der Waals surface area (Å²) in [5.74, 6) is -0.209. The van der Waals surface area contributed by atoms with Gasteiger partial charge in [-0.15, -0.1) is 0 Å². The highest BCUT2D eigenvalue weighted by atomic mass is 19.1. The fraction of sp³-hybridized carbons (Fsp3) is 0.111. The van der Waals surface area contributed by atoms with Gasteiger partial charge in [0.2, 0.25) is 5.91 Å². The summed E-state index contributed by atoms with van der Waals surface area (Å²) in [6.07, 6.45) is 0. The average molecular weight is 181 g/mol. The molecular formula is C9H8FNO2. The van der Waals surface area contributed by atoms with E-state index in [4.69, 9.17) is 0 Å². The van der Waals surface area contributed by atoms with Crippen LogP contribution in [-0.2, 0) is 4.79 Å². The van der Waals surface area contributed by atoms with Gasteiger partial charge in [-0.2, -0.15) is 4.39 Å². The number of nitrogens with one attached hydrogen (secondary N) is 1. The van der Waals surface area contributed by atoms with Crippen LogP contribution in [0.4, 0.5) is 10.1 Å². The van der Waals surface area contributed by atoms with Gasteiger partial charge < -0.3 is 5.32 Å². The highest BCUT2D eigenvalue weighted by molar-refractivity contribution is 5.91. The molecular weight excluding hydrogens is 173 g/mol. The van der Waals surface area contributed by atoms with Crippen LogP contribution in [0.1, 0.15) is 17.3 Å². The molecule has 0 unspecified atom stereocenters. The van der Waals surface area contributed by atoms with Crippen molar-refractivity contribution in [3.05, 3.63) is 29.8 Å². The van der Waals surface area contributed by atoms with Gasteiger partial charge in [-0.05, 0) is 24.3 Å². The van der Waals surface area contributed by atoms with Gasteiger partial charge in [0.15, 0.2) is 0 Å². The molecule has 0 heterocycles. The second kappa shape index (κ2) is 3.80. The summed E-state index contributed by atoms with van der Waals surface area (Å²) in [4.78, 5) is 20.8. The first-order valence-corrected chi connectivity index (χ1v) is 3.67. The molecule has 0 saturated carbocycles. The number of rotatable bonds is 2. The third-order valence-electron chi connectivity index (χ3n) is 1.43. The van der Waals surface area contributed by atoms with Crippen molar-refractivity contribution in [2.24, 2.45) is 0 Å². The number of hydrogen-bond acceptors (Lipinski definition) is 2. The van der Waals surface area contributed by atoms with Crippen LogP contribution in [0.15, 0.2) is 24.3 Å². The monoisotopic (exact) mass is 181 g/mol. The number of benzene rings is 1. The Morgan fingerprint density at radius 1 is 1.23 bits per heavy atom. The normalized spacial score (nSPS) is 9.38. The zero-order valence-electron chi connectivity index (χ0n) is 7.00. The van der Waals surface area contributed by atoms with E-state index in [9.17, 15) is 14.0 Å². The first kappa shape index (κ1) is 9.38. The van der Waals surface area contributed by atoms with Gasteiger partial charge in [0.05, 0.1) is 5.56 Å². The first-order valence-electron chi connectivity index (χ1n) is 3.67. The predicted octanol–water partition coefficient (Wildman–Crippen LogP) is 1.75. The molecule has 68 valence electrons. The summed E-state index contributed by atoms with van der Waals surface area (Å²) >= 11 is 0. The minimum absolute atomic E-state index is 0.0193. The van der Waals surface area contributed by atoms with Crippen LogP contribution in [0, 0.1) is 0 Å². The maximum atomic E-state index is 12.1. The molecule has 0 saturated heterocycles. The van der Waals surface area contributed by atoms with Crippen molar-refractivity contribution in [2.75, 3.05) is 5.32 Å². The summed E-state index contributed by atoms with van der Waals surface area (Å²) < 4.78 is 12.1. The number of hydrogen-bond donors (Lipinski definition) is 1. The molecule has 0 aromatic heterocycles. The van der Waals surface area contributed by atoms with Crippen molar-refractivity contribution in [3.63, 3.8) is 0 Å². The van der Waals surface area contributed by atoms with Gasteiger partial charge in [0.25, 0.3) is 0 Å². The lowest BCUT2D eigenvalue weighted by Gasteiger charge is -2.00. The lowest BCUT2D eigenvalue weighted by molar-refractivity contribution is -0.114. The third kappa shape index (κ3) is 2.66. The van der Waals surface area contributed by atoms with E-state index in [0.717, 1.165) is 0 Å². The Morgan fingerprint density at radius 3 is 2.15 bits per heavy atom. The molecule has 1 aromatic carbocycles. The molecule has 4 heteroatoms. The number of amides is 1. The van der Waals surface area contributed by atoms with Gasteiger partial charge in [-0.1, -0.05) is 0 Å². The van der Waals surface area contributed by atoms with Crippen molar-refractivity contribution >= 4 is 17.6 Å². The van der Waals surface area contributed by atoms with Crippen molar-refractivity contribution in [1.82, 2.24) is 0 Å². The minimum atomic E-state index is -1.48. The molecule has 3 nitrogen and oxygen atoms in total. The predicted molar refractivity (Wildman–Crippen MR) is 46.2 cm³/mol. The van der Waals surface area contributed by atoms with E-state index in [1.165, 1.54) is 31.2 Å². The Morgan fingerprint density at radius 2 is 1.77 bits per heavy atom. The first-order chi connectivity index (χ1) is 6.09. The lowest BCUT2D eigenvalue weighted by atomic mass is 10.2. The lowest BCUT2D eigenvalue weighted by Crippen LogP contribution is -2.05. The summed E-state index contributed by atoms with van der Waals surface area (Å²) in [7, 11) is 0. The van der Waals surface area contributed by atoms with Crippen molar-refractivity contribution < 1.29 is 14.0 Å². The van der Waals surface area contributed by atoms with Gasteiger partial charge in [0.1, 0.15) is 0 Å². The number of halogens is 1. The Kier molecular flexibility index (Phi) is 2.74. The third-order valence-corrected chi connectivity index (χ3v) is 1.43. The summed E-state index contributed by atoms with van der Waals surface area (Å²) in [6, 6.07) is 4.08. The van der Waals surface area contributed by atoms with Gasteiger partial charge in [-0.25, -0.2) is 0 Å². The molecule has 0 fully saturated rings. The number of carbonyl (C=O) groups excluding carboxylic acids is 2. The molecule has 0 aliphatic rings. The van der Waals surface area contributed by atoms with E-state index in [1.807, 2.05) is 0 Å². The molecule has 0 atom stereocenters. The maximum absolute atomic E-state index is 12.1. The SMILES string of the molecule is CC(=O)Nc1ccc(C(=O)F)cc1. The smallest absolute Gasteiger partial charge is 0.326 e. The quantitative estimate of drug-likeness (QED) is 0.706. The average Bonchev–Trinajstić information content (AvgIpc) is 2.04. The van der Waals surface area contributed by atoms with Gasteiger partial charge in [-0.3, -0.25) is 9.59 Å². The van der Waals surface area contributed by atoms with E-state index >= 15 is 0 Å². The van der Waals surface area contributed by atoms with Crippen LogP contribution in [0.2, 0.25) is 0 Å². The van der Waals surface area contributed by atoms with Crippen LogP contribution in [-0.4, -0.2) is 11.9 Å². The summed E-state index contributed by atoms with van der Waals surface area (Å²) in [5.41, 5.74) is 0.520. The minimum Gasteiger partial charge on any atom is -0.326 e. The van der Waals surface area contributed by atoms with Crippen LogP contribution < -0.4 is 5.32 Å². The van der Waals surface area contributed by atoms with Gasteiger partial charge >= 0.3 is 6.04 Å². The van der Waals surface area contributed by atoms with Crippen molar-refractivity contribution in [2.45, 2.75) is 6.92 Å². The van der Waals surface area contributed by atoms with Gasteiger partial charge in [0, 0.05) is 12.6 Å². The second-order valence-electron chi connectivity index (χ2n) is 2.53. The number of carbonyl (C=O) groups is 2. The standard InChI is InChI=1S/C9H8FNO2/c1-6(12)11-8-4-2-7(3-5-8)9(10)13/h2-5H,1H3,(H,11,12). The van der Waals surface area contributed by atoms with E-state index in [-0.39, 0.29) is 11.5 Å². The summed E-state index contributed by atoms with van der Waals surface area (Å²) in [6.45, 7) is 1.37. The molecule has 0 aliphatic heterocycles. The van der Waals surface area contributed by atoms with Crippen molar-refractivity contribution in [3.8, 4) is 0 Å². The fourth-order valence-electron chi connectivity index (χ4n) is 0.888. The maximum Gasteiger partial charge on any atom is 0.332 e. The highest BCUT2D eigenvalue weighted by Crippen LogP contribution is 2.09.